The fourth-order valence-electron chi connectivity index (χ4n) is 0.931. The average molecular weight is 737 g/mol. The molecule has 36 heavy (non-hydrogen) atoms. The van der Waals surface area contributed by atoms with Crippen molar-refractivity contribution in [2.24, 2.45) is 0 Å². The Morgan fingerprint density at radius 1 is 0.361 bits per heavy atom. The monoisotopic (exact) mass is 736 g/mol. The molecule has 0 spiro atoms. The molecule has 31 heteroatoms. The molecule has 1 aliphatic heterocycles. The quantitative estimate of drug-likeness (QED) is 0.133. The second-order valence-corrected chi connectivity index (χ2v) is 5.76. The van der Waals surface area contributed by atoms with Gasteiger partial charge in [0.05, 0.1) is 13.1 Å². The summed E-state index contributed by atoms with van der Waals surface area (Å²) in [4.78, 5) is 0. The first-order valence-electron chi connectivity index (χ1n) is 5.13. The van der Waals surface area contributed by atoms with E-state index in [0.717, 1.165) is 0 Å². The van der Waals surface area contributed by atoms with E-state index in [-0.39, 0.29) is 99.3 Å². The summed E-state index contributed by atoms with van der Waals surface area (Å²) in [7, 11) is -15.5. The largest absolute Gasteiger partial charge is 2.00 e. The Balaban J connectivity index is -0.00000000796. The van der Waals surface area contributed by atoms with Gasteiger partial charge in [0.1, 0.15) is 13.1 Å². The minimum Gasteiger partial charge on any atom is -0.759 e. The van der Waals surface area contributed by atoms with Crippen molar-refractivity contribution >= 4 is 31.2 Å². The third-order valence-electron chi connectivity index (χ3n) is 1.39. The van der Waals surface area contributed by atoms with Crippen LogP contribution in [0.4, 0.5) is 0 Å². The van der Waals surface area contributed by atoms with Crippen molar-refractivity contribution in [3.63, 3.8) is 0 Å². The van der Waals surface area contributed by atoms with Crippen LogP contribution in [-0.4, -0.2) is 78.7 Å². The summed E-state index contributed by atoms with van der Waals surface area (Å²) in [6.45, 7) is 5.33. The SMILES string of the molecule is C1C[NH2+]CC[NH2+]C1.O=S(=O)([O-])[O-].O=S(=O)([O-])[O-].O=S(=O)([O-])[O-].[Co+2].[Co+2].[OH3+].[OH3+].[OH3+].[OH3+].[OH3+].[OH3+].[OH3+].[OH3+].[OH3+].[OH3+].[OH3+].[OH3+]. The van der Waals surface area contributed by atoms with Gasteiger partial charge < -0.3 is 104 Å². The first kappa shape index (κ1) is 122. The molecule has 0 aliphatic carbocycles. The summed E-state index contributed by atoms with van der Waals surface area (Å²) in [6.07, 6.45) is 1.39. The van der Waals surface area contributed by atoms with Crippen LogP contribution in [-0.2, 0) is 130 Å². The second-order valence-electron chi connectivity index (χ2n) is 3.31. The summed E-state index contributed by atoms with van der Waals surface area (Å²) in [5.41, 5.74) is 0. The number of rotatable bonds is 0. The van der Waals surface area contributed by atoms with E-state index in [4.69, 9.17) is 52.6 Å². The van der Waals surface area contributed by atoms with Crippen LogP contribution < -0.4 is 10.6 Å². The number of hydrogen-bond acceptors (Lipinski definition) is 12. The van der Waals surface area contributed by atoms with E-state index >= 15 is 0 Å². The Morgan fingerprint density at radius 2 is 0.472 bits per heavy atom. The Kier molecular flexibility index (Phi) is 219. The van der Waals surface area contributed by atoms with Crippen LogP contribution >= 0.6 is 0 Å². The van der Waals surface area contributed by atoms with Crippen molar-refractivity contribution in [3.05, 3.63) is 0 Å². The van der Waals surface area contributed by atoms with E-state index in [0.29, 0.717) is 0 Å². The predicted molar refractivity (Wildman–Crippen MR) is 118 cm³/mol. The molecule has 0 unspecified atom stereocenters. The van der Waals surface area contributed by atoms with E-state index in [1.807, 2.05) is 0 Å². The molecule has 1 saturated heterocycles. The molecule has 1 heterocycles. The van der Waals surface area contributed by atoms with Crippen molar-refractivity contribution in [1.82, 2.24) is 0 Å². The summed E-state index contributed by atoms with van der Waals surface area (Å²) in [5, 5.41) is 4.78. The molecule has 40 N–H and O–H groups in total. The first-order chi connectivity index (χ1) is 9.50. The van der Waals surface area contributed by atoms with Gasteiger partial charge in [-0.05, 0) is 0 Å². The van der Waals surface area contributed by atoms with Gasteiger partial charge in [0.25, 0.3) is 0 Å². The Bertz CT molecular complexity index is 456. The van der Waals surface area contributed by atoms with E-state index in [9.17, 15) is 0 Å². The van der Waals surface area contributed by atoms with Crippen LogP contribution in [0, 0.1) is 0 Å². The topological polar surface area (TPSA) is 670 Å². The van der Waals surface area contributed by atoms with Gasteiger partial charge in [-0.1, -0.05) is 0 Å². The molecule has 0 aromatic rings. The zero-order valence-corrected chi connectivity index (χ0v) is 22.9. The van der Waals surface area contributed by atoms with Crippen molar-refractivity contribution in [2.45, 2.75) is 6.42 Å². The van der Waals surface area contributed by atoms with E-state index in [1.165, 1.54) is 32.6 Å². The molecule has 0 bridgehead atoms. The molecule has 0 amide bonds. The van der Waals surface area contributed by atoms with Crippen molar-refractivity contribution in [1.29, 1.82) is 0 Å². The Hall–Kier alpha value is 0.0630. The molecule has 26 nitrogen and oxygen atoms in total. The summed E-state index contributed by atoms with van der Waals surface area (Å²) >= 11 is 0. The van der Waals surface area contributed by atoms with Gasteiger partial charge in [0.15, 0.2) is 0 Å². The number of hydrogen-bond donors (Lipinski definition) is 2. The van der Waals surface area contributed by atoms with Crippen LogP contribution in [0.2, 0.25) is 0 Å². The fraction of sp³-hybridized carbons (Fsp3) is 1.00. The number of nitrogens with two attached hydrogens (primary N) is 2. The molecule has 0 aromatic carbocycles. The molecule has 248 valence electrons. The fourth-order valence-corrected chi connectivity index (χ4v) is 0.931. The van der Waals surface area contributed by atoms with Crippen LogP contribution in [0.5, 0.6) is 0 Å². The van der Waals surface area contributed by atoms with Gasteiger partial charge >= 0.3 is 33.6 Å². The maximum atomic E-state index is 8.52. The van der Waals surface area contributed by atoms with Crippen molar-refractivity contribution in [3.8, 4) is 0 Å². The average Bonchev–Trinajstić information content (AvgIpc) is 2.38. The van der Waals surface area contributed by atoms with E-state index in [1.54, 1.807) is 0 Å². The molecule has 0 saturated carbocycles. The minimum atomic E-state index is -5.17. The predicted octanol–water partition coefficient (Wildman–Crippen LogP) is -17.6. The van der Waals surface area contributed by atoms with E-state index < -0.39 is 31.2 Å². The van der Waals surface area contributed by atoms with Crippen LogP contribution in [0.15, 0.2) is 0 Å². The van der Waals surface area contributed by atoms with Crippen molar-refractivity contribution in [2.75, 3.05) is 26.2 Å². The van der Waals surface area contributed by atoms with Crippen LogP contribution in [0.25, 0.3) is 0 Å². The zero-order valence-electron chi connectivity index (χ0n) is 18.4. The standard InChI is InChI=1S/C5H12N2.2Co.3H2O4S.12H2O/c1-2-6-4-5-7-3-1;;;3*1-5(2,3)4;;;;;;;;;;;;/h6-7H,1-5H2;;;3*(H2,1,2,3,4);12*1H2/q;2*+2;;;;;;;;;;;;;;;/p+8. The molecule has 0 atom stereocenters. The molecule has 1 rings (SSSR count). The molecular formula is C5H50Co2N2O24S3+12. The third kappa shape index (κ3) is 746. The van der Waals surface area contributed by atoms with Crippen molar-refractivity contribution < 1.29 is 162 Å². The molecule has 1 aliphatic rings. The summed E-state index contributed by atoms with van der Waals surface area (Å²) in [5.74, 6) is 0. The van der Waals surface area contributed by atoms with Crippen LogP contribution in [0.1, 0.15) is 6.42 Å². The normalized spacial score (nSPS) is 9.50. The summed E-state index contributed by atoms with van der Waals surface area (Å²) in [6, 6.07) is 0. The molecule has 0 aromatic heterocycles. The Labute approximate surface area is 226 Å². The van der Waals surface area contributed by atoms with Gasteiger partial charge in [0, 0.05) is 37.6 Å². The zero-order chi connectivity index (χ0) is 18.4. The van der Waals surface area contributed by atoms with Gasteiger partial charge in [-0.15, -0.1) is 0 Å². The first-order valence-corrected chi connectivity index (χ1v) is 9.13. The van der Waals surface area contributed by atoms with Gasteiger partial charge in [-0.2, -0.15) is 0 Å². The second kappa shape index (κ2) is 64.8. The Morgan fingerprint density at radius 3 is 0.583 bits per heavy atom. The summed E-state index contributed by atoms with van der Waals surface area (Å²) < 4.78 is 102. The smallest absolute Gasteiger partial charge is 0.759 e. The third-order valence-corrected chi connectivity index (χ3v) is 1.39. The van der Waals surface area contributed by atoms with E-state index in [2.05, 4.69) is 10.6 Å². The maximum absolute atomic E-state index is 8.52. The molecule has 2 radical (unpaired) electrons. The number of quaternary nitrogens is 2. The molecular weight excluding hydrogens is 686 g/mol. The van der Waals surface area contributed by atoms with Gasteiger partial charge in [-0.25, -0.2) is 0 Å². The molecule has 1 fully saturated rings. The van der Waals surface area contributed by atoms with Crippen LogP contribution in [0.3, 0.4) is 0 Å². The minimum absolute atomic E-state index is 0. The van der Waals surface area contributed by atoms with Gasteiger partial charge in [0.2, 0.25) is 0 Å². The maximum Gasteiger partial charge on any atom is 2.00 e. The van der Waals surface area contributed by atoms with Gasteiger partial charge in [-0.3, -0.25) is 25.3 Å².